The van der Waals surface area contributed by atoms with Crippen molar-refractivity contribution < 1.29 is 9.59 Å². The highest BCUT2D eigenvalue weighted by atomic mass is 16.2. The number of fused-ring (bicyclic) bond motifs is 1. The molecule has 4 nitrogen and oxygen atoms in total. The van der Waals surface area contributed by atoms with Crippen LogP contribution in [0.1, 0.15) is 25.0 Å². The van der Waals surface area contributed by atoms with Crippen LogP contribution in [0.2, 0.25) is 0 Å². The van der Waals surface area contributed by atoms with E-state index in [1.807, 2.05) is 55.5 Å². The van der Waals surface area contributed by atoms with Crippen LogP contribution in [0, 0.1) is 0 Å². The molecule has 4 heteroatoms. The molecule has 2 amide bonds. The Hall–Kier alpha value is -2.88. The topological polar surface area (TPSA) is 49.4 Å². The Morgan fingerprint density at radius 1 is 1.08 bits per heavy atom. The number of allylic oxidation sites excluding steroid dienone is 1. The van der Waals surface area contributed by atoms with E-state index in [-0.39, 0.29) is 11.8 Å². The predicted octanol–water partition coefficient (Wildman–Crippen LogP) is 3.64. The van der Waals surface area contributed by atoms with Crippen molar-refractivity contribution in [1.82, 2.24) is 0 Å². The molecule has 0 atom stereocenters. The van der Waals surface area contributed by atoms with Crippen molar-refractivity contribution in [3.8, 4) is 0 Å². The number of nitrogens with one attached hydrogen (secondary N) is 1. The molecular weight excluding hydrogens is 300 g/mol. The maximum Gasteiger partial charge on any atom is 0.248 e. The highest BCUT2D eigenvalue weighted by Gasteiger charge is 2.22. The van der Waals surface area contributed by atoms with Crippen molar-refractivity contribution in [2.75, 3.05) is 16.8 Å². The third-order valence-electron chi connectivity index (χ3n) is 4.21. The quantitative estimate of drug-likeness (QED) is 0.878. The molecule has 1 heterocycles. The van der Waals surface area contributed by atoms with Gasteiger partial charge in [-0.2, -0.15) is 0 Å². The number of hydrogen-bond donors (Lipinski definition) is 1. The molecule has 3 rings (SSSR count). The van der Waals surface area contributed by atoms with Gasteiger partial charge in [-0.1, -0.05) is 36.4 Å². The molecule has 0 fully saturated rings. The largest absolute Gasteiger partial charge is 0.322 e. The summed E-state index contributed by atoms with van der Waals surface area (Å²) in [6.07, 6.45) is 2.45. The van der Waals surface area contributed by atoms with Crippen LogP contribution in [0.3, 0.4) is 0 Å². The molecule has 0 saturated carbocycles. The molecule has 1 aliphatic heterocycles. The molecule has 0 aromatic heterocycles. The van der Waals surface area contributed by atoms with Gasteiger partial charge in [0, 0.05) is 30.9 Å². The second-order valence-corrected chi connectivity index (χ2v) is 5.95. The molecule has 122 valence electrons. The molecule has 0 aliphatic carbocycles. The van der Waals surface area contributed by atoms with Gasteiger partial charge in [0.1, 0.15) is 0 Å². The minimum Gasteiger partial charge on any atom is -0.322 e. The van der Waals surface area contributed by atoms with E-state index >= 15 is 0 Å². The molecule has 0 bridgehead atoms. The first kappa shape index (κ1) is 16.0. The van der Waals surface area contributed by atoms with Crippen LogP contribution in [0.25, 0.3) is 5.57 Å². The molecule has 0 unspecified atom stereocenters. The minimum atomic E-state index is -0.177. The predicted molar refractivity (Wildman–Crippen MR) is 96.9 cm³/mol. The monoisotopic (exact) mass is 320 g/mol. The van der Waals surface area contributed by atoms with Gasteiger partial charge < -0.3 is 10.2 Å². The van der Waals surface area contributed by atoms with Crippen LogP contribution >= 0.6 is 0 Å². The Morgan fingerprint density at radius 2 is 1.83 bits per heavy atom. The molecule has 1 N–H and O–H groups in total. The third kappa shape index (κ3) is 3.38. The summed E-state index contributed by atoms with van der Waals surface area (Å²) in [5, 5.41) is 2.88. The van der Waals surface area contributed by atoms with Gasteiger partial charge in [-0.3, -0.25) is 9.59 Å². The fraction of sp³-hybridized carbons (Fsp3) is 0.200. The summed E-state index contributed by atoms with van der Waals surface area (Å²) < 4.78 is 0. The van der Waals surface area contributed by atoms with E-state index in [9.17, 15) is 9.59 Å². The smallest absolute Gasteiger partial charge is 0.248 e. The average Bonchev–Trinajstić information content (AvgIpc) is 2.99. The van der Waals surface area contributed by atoms with Gasteiger partial charge in [0.25, 0.3) is 0 Å². The molecular formula is C20H20N2O2. The van der Waals surface area contributed by atoms with Crippen molar-refractivity contribution in [3.05, 3.63) is 65.7 Å². The summed E-state index contributed by atoms with van der Waals surface area (Å²) in [6.45, 7) is 4.18. The molecule has 0 spiro atoms. The normalized spacial score (nSPS) is 13.6. The van der Waals surface area contributed by atoms with E-state index in [1.165, 1.54) is 0 Å². The Balaban J connectivity index is 1.76. The third-order valence-corrected chi connectivity index (χ3v) is 4.21. The van der Waals surface area contributed by atoms with Gasteiger partial charge in [0.05, 0.1) is 0 Å². The number of anilines is 2. The van der Waals surface area contributed by atoms with Crippen LogP contribution in [0.4, 0.5) is 11.4 Å². The number of rotatable bonds is 3. The van der Waals surface area contributed by atoms with Crippen molar-refractivity contribution >= 4 is 28.8 Å². The van der Waals surface area contributed by atoms with E-state index in [4.69, 9.17) is 0 Å². The number of nitrogens with zero attached hydrogens (tertiary/aromatic N) is 1. The lowest BCUT2D eigenvalue weighted by molar-refractivity contribution is -0.116. The summed E-state index contributed by atoms with van der Waals surface area (Å²) >= 11 is 0. The van der Waals surface area contributed by atoms with Gasteiger partial charge in [-0.25, -0.2) is 0 Å². The summed E-state index contributed by atoms with van der Waals surface area (Å²) in [7, 11) is 0. The standard InChI is InChI=1S/C20H20N2O2/c1-14(16-6-4-3-5-7-16)12-20(24)21-18-9-8-17-10-11-22(15(2)23)19(17)13-18/h3-9,12-13H,10-11H2,1-2H3,(H,21,24)/b14-12+. The lowest BCUT2D eigenvalue weighted by atomic mass is 10.1. The fourth-order valence-electron chi connectivity index (χ4n) is 2.94. The summed E-state index contributed by atoms with van der Waals surface area (Å²) in [5.74, 6) is -0.152. The first-order valence-electron chi connectivity index (χ1n) is 8.00. The summed E-state index contributed by atoms with van der Waals surface area (Å²) in [5.41, 5.74) is 4.65. The molecule has 0 saturated heterocycles. The Labute approximate surface area is 141 Å². The molecule has 24 heavy (non-hydrogen) atoms. The first-order valence-corrected chi connectivity index (χ1v) is 8.00. The highest BCUT2D eigenvalue weighted by Crippen LogP contribution is 2.31. The Bertz CT molecular complexity index is 810. The van der Waals surface area contributed by atoms with E-state index in [1.54, 1.807) is 17.9 Å². The number of carbonyl (C=O) groups excluding carboxylic acids is 2. The number of hydrogen-bond acceptors (Lipinski definition) is 2. The van der Waals surface area contributed by atoms with E-state index in [2.05, 4.69) is 5.32 Å². The Morgan fingerprint density at radius 3 is 2.54 bits per heavy atom. The van der Waals surface area contributed by atoms with Crippen molar-refractivity contribution in [3.63, 3.8) is 0 Å². The maximum atomic E-state index is 12.2. The van der Waals surface area contributed by atoms with Gasteiger partial charge in [-0.05, 0) is 42.2 Å². The second-order valence-electron chi connectivity index (χ2n) is 5.95. The van der Waals surface area contributed by atoms with Gasteiger partial charge in [0.2, 0.25) is 11.8 Å². The number of carbonyl (C=O) groups is 2. The number of amides is 2. The fourth-order valence-corrected chi connectivity index (χ4v) is 2.94. The molecule has 0 radical (unpaired) electrons. The zero-order chi connectivity index (χ0) is 17.1. The average molecular weight is 320 g/mol. The van der Waals surface area contributed by atoms with E-state index < -0.39 is 0 Å². The van der Waals surface area contributed by atoms with Crippen molar-refractivity contribution in [1.29, 1.82) is 0 Å². The van der Waals surface area contributed by atoms with E-state index in [0.717, 1.165) is 28.8 Å². The van der Waals surface area contributed by atoms with Crippen LogP contribution in [0.15, 0.2) is 54.6 Å². The SMILES string of the molecule is CC(=O)N1CCc2ccc(NC(=O)/C=C(\C)c3ccccc3)cc21. The minimum absolute atomic E-state index is 0.0250. The van der Waals surface area contributed by atoms with E-state index in [0.29, 0.717) is 12.2 Å². The highest BCUT2D eigenvalue weighted by molar-refractivity contribution is 6.04. The Kier molecular flexibility index (Phi) is 4.47. The molecule has 2 aromatic rings. The van der Waals surface area contributed by atoms with Crippen LogP contribution in [-0.2, 0) is 16.0 Å². The van der Waals surface area contributed by atoms with Crippen molar-refractivity contribution in [2.45, 2.75) is 20.3 Å². The van der Waals surface area contributed by atoms with Gasteiger partial charge in [-0.15, -0.1) is 0 Å². The molecule has 2 aromatic carbocycles. The lowest BCUT2D eigenvalue weighted by Gasteiger charge is -2.15. The van der Waals surface area contributed by atoms with Crippen LogP contribution in [-0.4, -0.2) is 18.4 Å². The lowest BCUT2D eigenvalue weighted by Crippen LogP contribution is -2.25. The number of benzene rings is 2. The van der Waals surface area contributed by atoms with Crippen molar-refractivity contribution in [2.24, 2.45) is 0 Å². The van der Waals surface area contributed by atoms with Gasteiger partial charge >= 0.3 is 0 Å². The zero-order valence-electron chi connectivity index (χ0n) is 13.9. The molecule has 1 aliphatic rings. The summed E-state index contributed by atoms with van der Waals surface area (Å²) in [4.78, 5) is 25.7. The first-order chi connectivity index (χ1) is 11.5. The van der Waals surface area contributed by atoms with Gasteiger partial charge in [0.15, 0.2) is 0 Å². The van der Waals surface area contributed by atoms with Crippen LogP contribution in [0.5, 0.6) is 0 Å². The maximum absolute atomic E-state index is 12.2. The van der Waals surface area contributed by atoms with Crippen LogP contribution < -0.4 is 10.2 Å². The second kappa shape index (κ2) is 6.71. The summed E-state index contributed by atoms with van der Waals surface area (Å²) in [6, 6.07) is 15.5. The zero-order valence-corrected chi connectivity index (χ0v) is 13.9.